The molecule has 2 nitrogen and oxygen atoms in total. The van der Waals surface area contributed by atoms with Crippen molar-refractivity contribution in [1.29, 1.82) is 0 Å². The average molecular weight is 790 g/mol. The summed E-state index contributed by atoms with van der Waals surface area (Å²) < 4.78 is 17.9. The summed E-state index contributed by atoms with van der Waals surface area (Å²) in [6.07, 6.45) is 0. The molecule has 3 aromatic carbocycles. The van der Waals surface area contributed by atoms with E-state index in [0.29, 0.717) is 6.61 Å². The van der Waals surface area contributed by atoms with E-state index in [0.717, 1.165) is 26.2 Å². The quantitative estimate of drug-likeness (QED) is 0.139. The minimum atomic E-state index is -0.610. The van der Waals surface area contributed by atoms with Gasteiger partial charge >= 0.3 is 0 Å². The lowest BCUT2D eigenvalue weighted by Crippen LogP contribution is -2.34. The number of fused-ring (bicyclic) bond motifs is 6. The van der Waals surface area contributed by atoms with Gasteiger partial charge in [-0.3, -0.25) is 0 Å². The fourth-order valence-electron chi connectivity index (χ4n) is 3.80. The summed E-state index contributed by atoms with van der Waals surface area (Å²) in [6, 6.07) is 16.8. The molecule has 0 saturated heterocycles. The molecule has 0 aromatic heterocycles. The van der Waals surface area contributed by atoms with Gasteiger partial charge in [0.2, 0.25) is 0 Å². The summed E-state index contributed by atoms with van der Waals surface area (Å²) in [6.45, 7) is 0.610. The Labute approximate surface area is 206 Å². The van der Waals surface area contributed by atoms with Crippen LogP contribution in [0.3, 0.4) is 0 Å². The van der Waals surface area contributed by atoms with Gasteiger partial charge in [-0.05, 0) is 108 Å². The second-order valence-corrected chi connectivity index (χ2v) is 10.5. The first-order valence-electron chi connectivity index (χ1n) is 7.92. The highest BCUT2D eigenvalue weighted by Crippen LogP contribution is 2.59. The van der Waals surface area contributed by atoms with E-state index < -0.39 is 5.60 Å². The van der Waals surface area contributed by atoms with Gasteiger partial charge in [0.25, 0.3) is 0 Å². The zero-order valence-corrected chi connectivity index (χ0v) is 21.8. The molecule has 0 amide bonds. The molecular formula is C20H10I4O2. The van der Waals surface area contributed by atoms with Crippen molar-refractivity contribution in [2.24, 2.45) is 0 Å². The third kappa shape index (κ3) is 2.40. The van der Waals surface area contributed by atoms with Crippen LogP contribution in [-0.2, 0) is 16.9 Å². The van der Waals surface area contributed by atoms with Gasteiger partial charge in [-0.2, -0.15) is 0 Å². The van der Waals surface area contributed by atoms with Crippen LogP contribution < -0.4 is 4.74 Å². The van der Waals surface area contributed by atoms with Crippen LogP contribution in [0.4, 0.5) is 0 Å². The second kappa shape index (κ2) is 6.70. The molecule has 0 aliphatic carbocycles. The number of hydrogen-bond donors (Lipinski definition) is 0. The highest BCUT2D eigenvalue weighted by atomic mass is 127. The summed E-state index contributed by atoms with van der Waals surface area (Å²) in [5.74, 6) is 1.80. The number of benzene rings is 3. The predicted octanol–water partition coefficient (Wildman–Crippen LogP) is 7.03. The van der Waals surface area contributed by atoms with Crippen molar-refractivity contribution < 1.29 is 9.47 Å². The van der Waals surface area contributed by atoms with E-state index in [-0.39, 0.29) is 0 Å². The molecule has 0 fully saturated rings. The van der Waals surface area contributed by atoms with E-state index in [1.807, 2.05) is 12.1 Å². The largest absolute Gasteiger partial charge is 0.455 e. The lowest BCUT2D eigenvalue weighted by Gasteiger charge is -2.39. The molecule has 0 N–H and O–H groups in total. The fourth-order valence-corrected chi connectivity index (χ4v) is 7.43. The molecule has 0 radical (unpaired) electrons. The van der Waals surface area contributed by atoms with Gasteiger partial charge in [0.1, 0.15) is 11.5 Å². The van der Waals surface area contributed by atoms with Crippen molar-refractivity contribution in [3.63, 3.8) is 0 Å². The predicted molar refractivity (Wildman–Crippen MR) is 135 cm³/mol. The molecule has 5 rings (SSSR count). The third-order valence-corrected chi connectivity index (χ3v) is 12.3. The van der Waals surface area contributed by atoms with E-state index in [1.54, 1.807) is 0 Å². The molecule has 0 saturated carbocycles. The molecule has 6 heteroatoms. The van der Waals surface area contributed by atoms with Gasteiger partial charge in [-0.1, -0.05) is 42.5 Å². The van der Waals surface area contributed by atoms with Crippen molar-refractivity contribution in [3.8, 4) is 11.5 Å². The molecule has 2 aliphatic rings. The monoisotopic (exact) mass is 790 g/mol. The maximum Gasteiger partial charge on any atom is 0.152 e. The Balaban J connectivity index is 1.97. The maximum atomic E-state index is 6.64. The zero-order chi connectivity index (χ0) is 18.1. The topological polar surface area (TPSA) is 18.5 Å². The highest BCUT2D eigenvalue weighted by molar-refractivity contribution is 14.1. The van der Waals surface area contributed by atoms with Crippen LogP contribution in [0.2, 0.25) is 0 Å². The standard InChI is InChI=1S/C20H10I4O2/c21-15-14-19(18(24)17(23)16(15)22)26-13-8-4-3-7-12(13)20(14)11-6-2-1-5-10(11)9-25-20/h1-8H,9H2. The summed E-state index contributed by atoms with van der Waals surface area (Å²) in [7, 11) is 0. The summed E-state index contributed by atoms with van der Waals surface area (Å²) in [5.41, 5.74) is 4.08. The Kier molecular flexibility index (Phi) is 4.73. The Morgan fingerprint density at radius 1 is 0.731 bits per heavy atom. The SMILES string of the molecule is Ic1c(I)c(I)c2c(c1I)Oc1ccccc1C21OCc2ccccc21. The third-order valence-electron chi connectivity index (χ3n) is 4.90. The normalized spacial score (nSPS) is 19.7. The second-order valence-electron chi connectivity index (χ2n) is 6.19. The highest BCUT2D eigenvalue weighted by Gasteiger charge is 2.51. The maximum absolute atomic E-state index is 6.64. The molecule has 1 spiro atoms. The minimum absolute atomic E-state index is 0.610. The smallest absolute Gasteiger partial charge is 0.152 e. The van der Waals surface area contributed by atoms with Crippen LogP contribution in [-0.4, -0.2) is 0 Å². The summed E-state index contributed by atoms with van der Waals surface area (Å²) >= 11 is 9.70. The Morgan fingerprint density at radius 2 is 1.38 bits per heavy atom. The van der Waals surface area contributed by atoms with Crippen LogP contribution in [0.25, 0.3) is 0 Å². The lowest BCUT2D eigenvalue weighted by molar-refractivity contribution is 0.0191. The molecule has 1 unspecified atom stereocenters. The van der Waals surface area contributed by atoms with Gasteiger partial charge in [-0.25, -0.2) is 0 Å². The first kappa shape index (κ1) is 18.4. The van der Waals surface area contributed by atoms with Gasteiger partial charge in [-0.15, -0.1) is 0 Å². The molecule has 0 bridgehead atoms. The molecule has 2 aliphatic heterocycles. The number of hydrogen-bond acceptors (Lipinski definition) is 2. The van der Waals surface area contributed by atoms with Crippen molar-refractivity contribution >= 4 is 90.4 Å². The van der Waals surface area contributed by atoms with Gasteiger partial charge in [0.05, 0.1) is 15.7 Å². The number of halogens is 4. The first-order valence-corrected chi connectivity index (χ1v) is 12.2. The van der Waals surface area contributed by atoms with E-state index >= 15 is 0 Å². The fraction of sp³-hybridized carbons (Fsp3) is 0.100. The Hall–Kier alpha value is 0.340. The van der Waals surface area contributed by atoms with E-state index in [1.165, 1.54) is 21.8 Å². The number of rotatable bonds is 0. The van der Waals surface area contributed by atoms with Crippen LogP contribution in [0.5, 0.6) is 11.5 Å². The van der Waals surface area contributed by atoms with Crippen molar-refractivity contribution in [2.45, 2.75) is 12.2 Å². The molecule has 2 heterocycles. The van der Waals surface area contributed by atoms with Crippen molar-refractivity contribution in [2.75, 3.05) is 0 Å². The van der Waals surface area contributed by atoms with Crippen molar-refractivity contribution in [3.05, 3.63) is 85.1 Å². The van der Waals surface area contributed by atoms with Crippen LogP contribution >= 0.6 is 90.4 Å². The molecule has 1 atom stereocenters. The van der Waals surface area contributed by atoms with Crippen LogP contribution in [0.1, 0.15) is 22.3 Å². The van der Waals surface area contributed by atoms with Crippen LogP contribution in [0, 0.1) is 14.3 Å². The lowest BCUT2D eigenvalue weighted by atomic mass is 9.78. The van der Waals surface area contributed by atoms with E-state index in [2.05, 4.69) is 127 Å². The molecular weight excluding hydrogens is 780 g/mol. The van der Waals surface area contributed by atoms with Crippen LogP contribution in [0.15, 0.2) is 48.5 Å². The molecule has 130 valence electrons. The summed E-state index contributed by atoms with van der Waals surface area (Å²) in [4.78, 5) is 0. The minimum Gasteiger partial charge on any atom is -0.455 e. The van der Waals surface area contributed by atoms with Gasteiger partial charge < -0.3 is 9.47 Å². The average Bonchev–Trinajstić information content (AvgIpc) is 3.05. The zero-order valence-electron chi connectivity index (χ0n) is 13.2. The van der Waals surface area contributed by atoms with Crippen molar-refractivity contribution in [1.82, 2.24) is 0 Å². The Bertz CT molecular complexity index is 1080. The summed E-state index contributed by atoms with van der Waals surface area (Å²) in [5, 5.41) is 0. The van der Waals surface area contributed by atoms with E-state index in [4.69, 9.17) is 9.47 Å². The van der Waals surface area contributed by atoms with E-state index in [9.17, 15) is 0 Å². The van der Waals surface area contributed by atoms with Gasteiger partial charge in [0.15, 0.2) is 5.60 Å². The Morgan fingerprint density at radius 3 is 2.19 bits per heavy atom. The van der Waals surface area contributed by atoms with Gasteiger partial charge in [0, 0.05) is 16.3 Å². The number of ether oxygens (including phenoxy) is 2. The number of para-hydroxylation sites is 1. The molecule has 26 heavy (non-hydrogen) atoms. The molecule has 3 aromatic rings. The first-order chi connectivity index (χ1) is 12.6.